The van der Waals surface area contributed by atoms with Gasteiger partial charge in [0.2, 0.25) is 0 Å². The second-order valence-corrected chi connectivity index (χ2v) is 10.1. The number of ether oxygens (including phenoxy) is 2. The molecule has 1 aliphatic carbocycles. The van der Waals surface area contributed by atoms with Crippen molar-refractivity contribution in [3.63, 3.8) is 0 Å². The lowest BCUT2D eigenvalue weighted by Gasteiger charge is -2.24. The number of hydrogen-bond acceptors (Lipinski definition) is 5. The number of aromatic nitrogens is 1. The number of nitrogen functional groups attached to an aromatic ring is 1. The van der Waals surface area contributed by atoms with Crippen LogP contribution in [0.1, 0.15) is 71.3 Å². The van der Waals surface area contributed by atoms with Gasteiger partial charge in [0, 0.05) is 29.6 Å². The van der Waals surface area contributed by atoms with Crippen molar-refractivity contribution in [3.05, 3.63) is 48.0 Å². The molecule has 4 rings (SSSR count). The number of esters is 2. The molecule has 0 spiro atoms. The van der Waals surface area contributed by atoms with E-state index in [-0.39, 0.29) is 18.5 Å². The number of hydrogen-bond donors (Lipinski definition) is 1. The van der Waals surface area contributed by atoms with E-state index in [4.69, 9.17) is 15.2 Å². The lowest BCUT2D eigenvalue weighted by atomic mass is 9.81. The van der Waals surface area contributed by atoms with E-state index in [1.807, 2.05) is 67.8 Å². The van der Waals surface area contributed by atoms with Gasteiger partial charge in [0.25, 0.3) is 0 Å². The molecule has 1 aliphatic rings. The zero-order valence-corrected chi connectivity index (χ0v) is 20.5. The molecule has 0 atom stereocenters. The largest absolute Gasteiger partial charge is 0.459 e. The summed E-state index contributed by atoms with van der Waals surface area (Å²) in [5, 5.41) is 1.06. The first kappa shape index (κ1) is 23.9. The Bertz CT molecular complexity index is 1210. The molecule has 1 saturated carbocycles. The lowest BCUT2D eigenvalue weighted by Crippen LogP contribution is -2.26. The minimum Gasteiger partial charge on any atom is -0.459 e. The van der Waals surface area contributed by atoms with Crippen LogP contribution in [0, 0.1) is 0 Å². The summed E-state index contributed by atoms with van der Waals surface area (Å²) < 4.78 is 13.1. The van der Waals surface area contributed by atoms with Crippen LogP contribution in [0.4, 0.5) is 5.69 Å². The standard InChI is InChI=1S/C28H34N2O4/c1-18(31)33-20-14-15-22-24(16-20)30(17-25(32)34-28(2,3)4)27(21-12-8-9-13-23(21)29)26(22)19-10-6-5-7-11-19/h8-9,12-16,19H,5-7,10-11,17,29H2,1-4H3. The molecular weight excluding hydrogens is 428 g/mol. The highest BCUT2D eigenvalue weighted by molar-refractivity contribution is 5.96. The maximum Gasteiger partial charge on any atom is 0.326 e. The van der Waals surface area contributed by atoms with Gasteiger partial charge in [-0.2, -0.15) is 0 Å². The summed E-state index contributed by atoms with van der Waals surface area (Å²) in [4.78, 5) is 24.7. The van der Waals surface area contributed by atoms with Crippen LogP contribution >= 0.6 is 0 Å². The predicted molar refractivity (Wildman–Crippen MR) is 135 cm³/mol. The smallest absolute Gasteiger partial charge is 0.326 e. The fraction of sp³-hybridized carbons (Fsp3) is 0.429. The molecule has 6 nitrogen and oxygen atoms in total. The molecule has 0 saturated heterocycles. The number of carbonyl (C=O) groups excluding carboxylic acids is 2. The van der Waals surface area contributed by atoms with Crippen molar-refractivity contribution in [1.82, 2.24) is 4.57 Å². The normalized spacial score (nSPS) is 14.8. The number of nitrogens with two attached hydrogens (primary N) is 1. The molecular formula is C28H34N2O4. The average Bonchev–Trinajstić information content (AvgIpc) is 3.06. The Balaban J connectivity index is 1.98. The fourth-order valence-electron chi connectivity index (χ4n) is 5.06. The van der Waals surface area contributed by atoms with E-state index in [0.717, 1.165) is 35.0 Å². The summed E-state index contributed by atoms with van der Waals surface area (Å²) >= 11 is 0. The summed E-state index contributed by atoms with van der Waals surface area (Å²) in [7, 11) is 0. The monoisotopic (exact) mass is 462 g/mol. The van der Waals surface area contributed by atoms with Gasteiger partial charge >= 0.3 is 11.9 Å². The summed E-state index contributed by atoms with van der Waals surface area (Å²) in [6.45, 7) is 7.00. The molecule has 1 fully saturated rings. The van der Waals surface area contributed by atoms with Gasteiger partial charge in [0.1, 0.15) is 17.9 Å². The van der Waals surface area contributed by atoms with Crippen molar-refractivity contribution < 1.29 is 19.1 Å². The number of rotatable bonds is 5. The number of benzene rings is 2. The second-order valence-electron chi connectivity index (χ2n) is 10.1. The molecule has 0 aliphatic heterocycles. The highest BCUT2D eigenvalue weighted by Gasteiger charge is 2.29. The topological polar surface area (TPSA) is 83.5 Å². The zero-order valence-electron chi connectivity index (χ0n) is 20.5. The number of carbonyl (C=O) groups is 2. The first-order valence-corrected chi connectivity index (χ1v) is 12.1. The minimum absolute atomic E-state index is 0.0354. The average molecular weight is 463 g/mol. The summed E-state index contributed by atoms with van der Waals surface area (Å²) in [6, 6.07) is 13.5. The number of nitrogens with zero attached hydrogens (tertiary/aromatic N) is 1. The van der Waals surface area contributed by atoms with Crippen LogP contribution in [-0.2, 0) is 20.9 Å². The SMILES string of the molecule is CC(=O)Oc1ccc2c(C3CCCCC3)c(-c3ccccc3N)n(CC(=O)OC(C)(C)C)c2c1. The van der Waals surface area contributed by atoms with E-state index >= 15 is 0 Å². The molecule has 180 valence electrons. The number of fused-ring (bicyclic) bond motifs is 1. The van der Waals surface area contributed by atoms with Gasteiger partial charge in [-0.3, -0.25) is 9.59 Å². The first-order chi connectivity index (χ1) is 16.1. The molecule has 0 bridgehead atoms. The molecule has 34 heavy (non-hydrogen) atoms. The minimum atomic E-state index is -0.596. The Kier molecular flexibility index (Phi) is 6.69. The van der Waals surface area contributed by atoms with Crippen LogP contribution in [0.15, 0.2) is 42.5 Å². The number of para-hydroxylation sites is 1. The highest BCUT2D eigenvalue weighted by atomic mass is 16.6. The summed E-state index contributed by atoms with van der Waals surface area (Å²) in [6.07, 6.45) is 5.79. The van der Waals surface area contributed by atoms with Crippen LogP contribution in [-0.4, -0.2) is 22.1 Å². The Morgan fingerprint density at radius 1 is 1.06 bits per heavy atom. The molecule has 6 heteroatoms. The van der Waals surface area contributed by atoms with E-state index < -0.39 is 5.60 Å². The number of anilines is 1. The predicted octanol–water partition coefficient (Wildman–Crippen LogP) is 6.21. The molecule has 2 aromatic carbocycles. The van der Waals surface area contributed by atoms with Crippen molar-refractivity contribution in [2.75, 3.05) is 5.73 Å². The zero-order chi connectivity index (χ0) is 24.5. The van der Waals surface area contributed by atoms with Crippen LogP contribution in [0.5, 0.6) is 5.75 Å². The first-order valence-electron chi connectivity index (χ1n) is 12.1. The van der Waals surface area contributed by atoms with Crippen LogP contribution < -0.4 is 10.5 Å². The van der Waals surface area contributed by atoms with Gasteiger partial charge in [-0.25, -0.2) is 0 Å². The Hall–Kier alpha value is -3.28. The van der Waals surface area contributed by atoms with Crippen LogP contribution in [0.2, 0.25) is 0 Å². The van der Waals surface area contributed by atoms with Crippen molar-refractivity contribution in [2.24, 2.45) is 0 Å². The quantitative estimate of drug-likeness (QED) is 0.277. The summed E-state index contributed by atoms with van der Waals surface area (Å²) in [5.41, 5.74) is 10.4. The van der Waals surface area contributed by atoms with E-state index in [1.165, 1.54) is 31.7 Å². The van der Waals surface area contributed by atoms with Gasteiger partial charge in [-0.1, -0.05) is 37.5 Å². The van der Waals surface area contributed by atoms with E-state index in [9.17, 15) is 9.59 Å². The van der Waals surface area contributed by atoms with Crippen molar-refractivity contribution in [3.8, 4) is 17.0 Å². The van der Waals surface area contributed by atoms with Crippen molar-refractivity contribution in [2.45, 2.75) is 77.9 Å². The maximum atomic E-state index is 13.0. The highest BCUT2D eigenvalue weighted by Crippen LogP contribution is 2.46. The van der Waals surface area contributed by atoms with Crippen molar-refractivity contribution in [1.29, 1.82) is 0 Å². The Morgan fingerprint density at radius 2 is 1.76 bits per heavy atom. The molecule has 1 aromatic heterocycles. The molecule has 1 heterocycles. The maximum absolute atomic E-state index is 13.0. The Morgan fingerprint density at radius 3 is 2.41 bits per heavy atom. The molecule has 2 N–H and O–H groups in total. The second kappa shape index (κ2) is 9.53. The fourth-order valence-corrected chi connectivity index (χ4v) is 5.06. The van der Waals surface area contributed by atoms with Crippen LogP contribution in [0.3, 0.4) is 0 Å². The summed E-state index contributed by atoms with van der Waals surface area (Å²) in [5.74, 6) is 0.105. The van der Waals surface area contributed by atoms with E-state index in [1.54, 1.807) is 0 Å². The van der Waals surface area contributed by atoms with Gasteiger partial charge in [-0.05, 0) is 63.3 Å². The van der Waals surface area contributed by atoms with E-state index in [0.29, 0.717) is 17.4 Å². The molecule has 0 unspecified atom stereocenters. The molecule has 0 amide bonds. The van der Waals surface area contributed by atoms with E-state index in [2.05, 4.69) is 0 Å². The van der Waals surface area contributed by atoms with Gasteiger partial charge in [-0.15, -0.1) is 0 Å². The molecule has 3 aromatic rings. The van der Waals surface area contributed by atoms with Crippen molar-refractivity contribution >= 4 is 28.5 Å². The van der Waals surface area contributed by atoms with Gasteiger partial charge < -0.3 is 19.8 Å². The third-order valence-electron chi connectivity index (χ3n) is 6.27. The van der Waals surface area contributed by atoms with Gasteiger partial charge in [0.05, 0.1) is 11.2 Å². The van der Waals surface area contributed by atoms with Crippen LogP contribution in [0.25, 0.3) is 22.2 Å². The van der Waals surface area contributed by atoms with Gasteiger partial charge in [0.15, 0.2) is 0 Å². The molecule has 0 radical (unpaired) electrons. The third-order valence-corrected chi connectivity index (χ3v) is 6.27. The lowest BCUT2D eigenvalue weighted by molar-refractivity contribution is -0.155. The Labute approximate surface area is 201 Å². The third kappa shape index (κ3) is 5.11.